The van der Waals surface area contributed by atoms with Gasteiger partial charge in [0.25, 0.3) is 0 Å². The maximum Gasteiger partial charge on any atom is 0.110 e. The zero-order valence-electron chi connectivity index (χ0n) is 10.2. The van der Waals surface area contributed by atoms with E-state index in [-0.39, 0.29) is 0 Å². The summed E-state index contributed by atoms with van der Waals surface area (Å²) in [6, 6.07) is 9.74. The minimum Gasteiger partial charge on any atom is -0.385 e. The molecule has 0 amide bonds. The van der Waals surface area contributed by atoms with Crippen LogP contribution in [0.3, 0.4) is 0 Å². The second kappa shape index (κ2) is 6.43. The molecule has 1 aromatic carbocycles. The highest BCUT2D eigenvalue weighted by Gasteiger charge is 2.03. The lowest BCUT2D eigenvalue weighted by molar-refractivity contribution is 0.868. The Balaban J connectivity index is 2.86. The van der Waals surface area contributed by atoms with Gasteiger partial charge in [0, 0.05) is 23.5 Å². The predicted octanol–water partition coefficient (Wildman–Crippen LogP) is 2.58. The second-order valence-corrected chi connectivity index (χ2v) is 3.53. The Morgan fingerprint density at radius 3 is 2.53 bits per heavy atom. The van der Waals surface area contributed by atoms with E-state index in [0.717, 1.165) is 23.5 Å². The van der Waals surface area contributed by atoms with Crippen molar-refractivity contribution in [2.75, 3.05) is 11.9 Å². The molecule has 3 nitrogen and oxygen atoms in total. The van der Waals surface area contributed by atoms with Gasteiger partial charge in [-0.15, -0.1) is 0 Å². The quantitative estimate of drug-likeness (QED) is 0.657. The summed E-state index contributed by atoms with van der Waals surface area (Å²) in [5, 5.41) is 6.24. The lowest BCUT2D eigenvalue weighted by atomic mass is 10.2. The molecule has 4 N–H and O–H groups in total. The zero-order valence-corrected chi connectivity index (χ0v) is 10.2. The Hall–Kier alpha value is -2.16. The molecule has 3 heteroatoms. The van der Waals surface area contributed by atoms with Crippen LogP contribution in [0.1, 0.15) is 6.92 Å². The summed E-state index contributed by atoms with van der Waals surface area (Å²) in [4.78, 5) is 0. The van der Waals surface area contributed by atoms with Gasteiger partial charge in [-0.05, 0) is 19.1 Å². The number of nitrogens with two attached hydrogens (primary N) is 1. The number of benzene rings is 1. The molecule has 0 atom stereocenters. The molecule has 1 rings (SSSR count). The molecule has 0 aliphatic carbocycles. The maximum atomic E-state index is 5.99. The van der Waals surface area contributed by atoms with Crippen molar-refractivity contribution in [3.63, 3.8) is 0 Å². The molecule has 0 aromatic heterocycles. The summed E-state index contributed by atoms with van der Waals surface area (Å²) in [6.07, 6.45) is 1.69. The Morgan fingerprint density at radius 1 is 1.35 bits per heavy atom. The van der Waals surface area contributed by atoms with E-state index >= 15 is 0 Å². The molecule has 0 spiro atoms. The molecule has 90 valence electrons. The third-order valence-corrected chi connectivity index (χ3v) is 2.26. The third kappa shape index (κ3) is 3.72. The monoisotopic (exact) mass is 229 g/mol. The van der Waals surface area contributed by atoms with Gasteiger partial charge in [-0.25, -0.2) is 0 Å². The average Bonchev–Trinajstić information content (AvgIpc) is 2.31. The molecule has 0 bridgehead atoms. The van der Waals surface area contributed by atoms with E-state index in [2.05, 4.69) is 23.8 Å². The second-order valence-electron chi connectivity index (χ2n) is 3.53. The lowest BCUT2D eigenvalue weighted by Gasteiger charge is -2.13. The number of allylic oxidation sites excluding steroid dienone is 1. The van der Waals surface area contributed by atoms with Crippen LogP contribution in [-0.4, -0.2) is 6.54 Å². The van der Waals surface area contributed by atoms with Gasteiger partial charge >= 0.3 is 0 Å². The average molecular weight is 229 g/mol. The molecule has 17 heavy (non-hydrogen) atoms. The SMILES string of the molecule is C=C/C(C(=C)NCC)=C(/N)Nc1ccccc1. The van der Waals surface area contributed by atoms with Crippen LogP contribution in [-0.2, 0) is 0 Å². The topological polar surface area (TPSA) is 50.1 Å². The van der Waals surface area contributed by atoms with E-state index in [1.54, 1.807) is 6.08 Å². The summed E-state index contributed by atoms with van der Waals surface area (Å²) >= 11 is 0. The molecule has 0 saturated heterocycles. The van der Waals surface area contributed by atoms with Gasteiger partial charge < -0.3 is 16.4 Å². The number of para-hydroxylation sites is 1. The molecular formula is C14H19N3. The molecule has 0 radical (unpaired) electrons. The minimum atomic E-state index is 0.539. The number of rotatable bonds is 6. The first-order valence-corrected chi connectivity index (χ1v) is 5.56. The number of nitrogens with one attached hydrogen (secondary N) is 2. The van der Waals surface area contributed by atoms with Gasteiger partial charge in [-0.2, -0.15) is 0 Å². The van der Waals surface area contributed by atoms with Crippen molar-refractivity contribution in [2.45, 2.75) is 6.92 Å². The molecular weight excluding hydrogens is 210 g/mol. The first kappa shape index (κ1) is 12.9. The van der Waals surface area contributed by atoms with E-state index < -0.39 is 0 Å². The molecule has 0 fully saturated rings. The fourth-order valence-electron chi connectivity index (χ4n) is 1.45. The first-order chi connectivity index (χ1) is 8.19. The number of hydrogen-bond donors (Lipinski definition) is 3. The van der Waals surface area contributed by atoms with E-state index in [1.165, 1.54) is 0 Å². The molecule has 0 heterocycles. The van der Waals surface area contributed by atoms with Gasteiger partial charge in [0.2, 0.25) is 0 Å². The highest BCUT2D eigenvalue weighted by Crippen LogP contribution is 2.13. The van der Waals surface area contributed by atoms with Crippen molar-refractivity contribution in [1.29, 1.82) is 0 Å². The third-order valence-electron chi connectivity index (χ3n) is 2.26. The Labute approximate surface area is 103 Å². The van der Waals surface area contributed by atoms with Crippen molar-refractivity contribution < 1.29 is 0 Å². The largest absolute Gasteiger partial charge is 0.385 e. The van der Waals surface area contributed by atoms with Crippen molar-refractivity contribution >= 4 is 5.69 Å². The van der Waals surface area contributed by atoms with E-state index in [0.29, 0.717) is 5.82 Å². The van der Waals surface area contributed by atoms with Crippen molar-refractivity contribution in [3.8, 4) is 0 Å². The number of hydrogen-bond acceptors (Lipinski definition) is 3. The fourth-order valence-corrected chi connectivity index (χ4v) is 1.45. The highest BCUT2D eigenvalue weighted by atomic mass is 15.0. The van der Waals surface area contributed by atoms with Crippen LogP contribution < -0.4 is 16.4 Å². The summed E-state index contributed by atoms with van der Waals surface area (Å²) in [5.41, 5.74) is 8.48. The van der Waals surface area contributed by atoms with Crippen LogP contribution in [0, 0.1) is 0 Å². The molecule has 0 unspecified atom stereocenters. The first-order valence-electron chi connectivity index (χ1n) is 5.56. The van der Waals surface area contributed by atoms with Gasteiger partial charge in [0.15, 0.2) is 0 Å². The molecule has 1 aromatic rings. The smallest absolute Gasteiger partial charge is 0.110 e. The predicted molar refractivity (Wildman–Crippen MR) is 74.3 cm³/mol. The van der Waals surface area contributed by atoms with Gasteiger partial charge in [0.05, 0.1) is 0 Å². The molecule has 0 aliphatic rings. The summed E-state index contributed by atoms with van der Waals surface area (Å²) in [7, 11) is 0. The summed E-state index contributed by atoms with van der Waals surface area (Å²) in [5.74, 6) is 0.539. The fraction of sp³-hybridized carbons (Fsp3) is 0.143. The van der Waals surface area contributed by atoms with Crippen molar-refractivity contribution in [1.82, 2.24) is 5.32 Å². The van der Waals surface area contributed by atoms with Crippen LogP contribution in [0.4, 0.5) is 5.69 Å². The van der Waals surface area contributed by atoms with Crippen molar-refractivity contribution in [3.05, 3.63) is 66.7 Å². The van der Waals surface area contributed by atoms with Crippen LogP contribution in [0.5, 0.6) is 0 Å². The van der Waals surface area contributed by atoms with Gasteiger partial charge in [-0.1, -0.05) is 37.4 Å². The van der Waals surface area contributed by atoms with Crippen molar-refractivity contribution in [2.24, 2.45) is 5.73 Å². The lowest BCUT2D eigenvalue weighted by Crippen LogP contribution is -2.19. The number of likely N-dealkylation sites (N-methyl/N-ethyl adjacent to an activating group) is 1. The van der Waals surface area contributed by atoms with E-state index in [9.17, 15) is 0 Å². The zero-order chi connectivity index (χ0) is 12.7. The van der Waals surface area contributed by atoms with E-state index in [1.807, 2.05) is 37.3 Å². The number of anilines is 1. The molecule has 0 aliphatic heterocycles. The summed E-state index contributed by atoms with van der Waals surface area (Å²) in [6.45, 7) is 10.5. The van der Waals surface area contributed by atoms with E-state index in [4.69, 9.17) is 5.73 Å². The normalized spacial score (nSPS) is 11.4. The minimum absolute atomic E-state index is 0.539. The standard InChI is InChI=1S/C14H19N3/c1-4-13(11(3)16-5-2)14(15)17-12-9-7-6-8-10-12/h4,6-10,16-17H,1,3,5,15H2,2H3/b14-13+. The highest BCUT2D eigenvalue weighted by molar-refractivity contribution is 5.52. The Morgan fingerprint density at radius 2 is 2.00 bits per heavy atom. The van der Waals surface area contributed by atoms with Crippen LogP contribution in [0.25, 0.3) is 0 Å². The maximum absolute atomic E-state index is 5.99. The van der Waals surface area contributed by atoms with Gasteiger partial charge in [-0.3, -0.25) is 0 Å². The molecule has 0 saturated carbocycles. The van der Waals surface area contributed by atoms with Crippen LogP contribution in [0.2, 0.25) is 0 Å². The summed E-state index contributed by atoms with van der Waals surface area (Å²) < 4.78 is 0. The Kier molecular flexibility index (Phi) is 4.88. The van der Waals surface area contributed by atoms with Gasteiger partial charge in [0.1, 0.15) is 5.82 Å². The Bertz CT molecular complexity index is 418. The van der Waals surface area contributed by atoms with Crippen LogP contribution in [0.15, 0.2) is 66.7 Å². The van der Waals surface area contributed by atoms with Crippen LogP contribution >= 0.6 is 0 Å².